The number of carbonyl (C=O) groups excluding carboxylic acids is 1. The third-order valence-electron chi connectivity index (χ3n) is 4.33. The van der Waals surface area contributed by atoms with Gasteiger partial charge in [0.05, 0.1) is 0 Å². The molecule has 1 fully saturated rings. The van der Waals surface area contributed by atoms with E-state index in [1.165, 1.54) is 12.0 Å². The van der Waals surface area contributed by atoms with Crippen LogP contribution in [-0.4, -0.2) is 11.9 Å². The molecular weight excluding hydrogens is 272 g/mol. The molecule has 0 bridgehead atoms. The molecule has 0 atom stereocenters. The summed E-state index contributed by atoms with van der Waals surface area (Å²) in [5, 5.41) is 12.4. The zero-order valence-corrected chi connectivity index (χ0v) is 13.7. The summed E-state index contributed by atoms with van der Waals surface area (Å²) in [6, 6.07) is 6.43. The molecule has 1 aliphatic rings. The molecule has 1 aromatic carbocycles. The first-order valence-electron chi connectivity index (χ1n) is 8.01. The number of nitriles is 1. The Balaban J connectivity index is 2.20. The molecule has 1 aromatic rings. The van der Waals surface area contributed by atoms with Gasteiger partial charge in [-0.1, -0.05) is 37.0 Å². The molecule has 0 spiro atoms. The Morgan fingerprint density at radius 3 is 2.32 bits per heavy atom. The fraction of sp³-hybridized carbons (Fsp3) is 0.474. The normalized spacial score (nSPS) is 16.2. The highest BCUT2D eigenvalue weighted by Crippen LogP contribution is 2.21. The number of nitrogens with one attached hydrogen (secondary N) is 1. The average Bonchev–Trinajstić information content (AvgIpc) is 2.47. The van der Waals surface area contributed by atoms with Crippen molar-refractivity contribution >= 4 is 12.0 Å². The quantitative estimate of drug-likeness (QED) is 0.678. The molecule has 1 amide bonds. The van der Waals surface area contributed by atoms with Crippen molar-refractivity contribution < 1.29 is 4.79 Å². The van der Waals surface area contributed by atoms with Crippen LogP contribution in [0.1, 0.15) is 54.4 Å². The van der Waals surface area contributed by atoms with Crippen LogP contribution in [0.15, 0.2) is 17.7 Å². The minimum atomic E-state index is -0.242. The predicted octanol–water partition coefficient (Wildman–Crippen LogP) is 3.97. The van der Waals surface area contributed by atoms with Crippen molar-refractivity contribution in [1.29, 1.82) is 5.26 Å². The highest BCUT2D eigenvalue weighted by molar-refractivity contribution is 6.02. The van der Waals surface area contributed by atoms with E-state index in [9.17, 15) is 10.1 Å². The van der Waals surface area contributed by atoms with Crippen LogP contribution in [-0.2, 0) is 4.79 Å². The lowest BCUT2D eigenvalue weighted by atomic mass is 9.95. The van der Waals surface area contributed by atoms with Gasteiger partial charge >= 0.3 is 0 Å². The van der Waals surface area contributed by atoms with Gasteiger partial charge in [-0.2, -0.15) is 5.26 Å². The maximum absolute atomic E-state index is 12.3. The highest BCUT2D eigenvalue weighted by atomic mass is 16.1. The van der Waals surface area contributed by atoms with E-state index in [1.807, 2.05) is 13.8 Å². The molecular formula is C19H24N2O. The fourth-order valence-electron chi connectivity index (χ4n) is 3.22. The van der Waals surface area contributed by atoms with E-state index in [4.69, 9.17) is 0 Å². The largest absolute Gasteiger partial charge is 0.349 e. The minimum Gasteiger partial charge on any atom is -0.349 e. The number of carbonyl (C=O) groups is 1. The molecule has 2 rings (SSSR count). The molecule has 0 aromatic heterocycles. The summed E-state index contributed by atoms with van der Waals surface area (Å²) in [6.45, 7) is 6.08. The van der Waals surface area contributed by atoms with Crippen LogP contribution in [0.3, 0.4) is 0 Å². The molecule has 1 N–H and O–H groups in total. The molecule has 0 unspecified atom stereocenters. The summed E-state index contributed by atoms with van der Waals surface area (Å²) in [4.78, 5) is 12.3. The van der Waals surface area contributed by atoms with Crippen LogP contribution in [0.25, 0.3) is 6.08 Å². The van der Waals surface area contributed by atoms with Crippen molar-refractivity contribution in [3.05, 3.63) is 40.0 Å². The molecule has 22 heavy (non-hydrogen) atoms. The van der Waals surface area contributed by atoms with E-state index in [1.54, 1.807) is 6.08 Å². The van der Waals surface area contributed by atoms with Gasteiger partial charge in [0, 0.05) is 6.04 Å². The Hall–Kier alpha value is -2.08. The first kappa shape index (κ1) is 16.3. The minimum absolute atomic E-state index is 0.195. The number of nitrogens with zero attached hydrogens (tertiary/aromatic N) is 1. The lowest BCUT2D eigenvalue weighted by Crippen LogP contribution is -2.36. The smallest absolute Gasteiger partial charge is 0.262 e. The zero-order valence-electron chi connectivity index (χ0n) is 13.7. The summed E-state index contributed by atoms with van der Waals surface area (Å²) >= 11 is 0. The van der Waals surface area contributed by atoms with Crippen LogP contribution in [0.2, 0.25) is 0 Å². The Kier molecular flexibility index (Phi) is 5.38. The molecule has 3 nitrogen and oxygen atoms in total. The second-order valence-corrected chi connectivity index (χ2v) is 6.29. The standard InChI is InChI=1S/C19H24N2O/c1-13-9-14(2)18(15(3)10-13)11-16(12-20)19(22)21-17-7-5-4-6-8-17/h9-11,17H,4-8H2,1-3H3,(H,21,22)/b16-11+. The van der Waals surface area contributed by atoms with E-state index in [2.05, 4.69) is 30.4 Å². The molecule has 116 valence electrons. The number of amides is 1. The summed E-state index contributed by atoms with van der Waals surface area (Å²) in [7, 11) is 0. The van der Waals surface area contributed by atoms with Gasteiger partial charge in [-0.15, -0.1) is 0 Å². The summed E-state index contributed by atoms with van der Waals surface area (Å²) < 4.78 is 0. The number of aryl methyl sites for hydroxylation is 3. The summed E-state index contributed by atoms with van der Waals surface area (Å²) in [6.07, 6.45) is 7.33. The molecule has 0 saturated heterocycles. The lowest BCUT2D eigenvalue weighted by molar-refractivity contribution is -0.117. The van der Waals surface area contributed by atoms with E-state index in [-0.39, 0.29) is 17.5 Å². The van der Waals surface area contributed by atoms with Crippen molar-refractivity contribution in [2.24, 2.45) is 0 Å². The number of hydrogen-bond donors (Lipinski definition) is 1. The van der Waals surface area contributed by atoms with Gasteiger partial charge in [-0.3, -0.25) is 4.79 Å². The van der Waals surface area contributed by atoms with Gasteiger partial charge in [0.2, 0.25) is 0 Å². The number of hydrogen-bond acceptors (Lipinski definition) is 2. The van der Waals surface area contributed by atoms with Crippen LogP contribution in [0, 0.1) is 32.1 Å². The monoisotopic (exact) mass is 296 g/mol. The maximum atomic E-state index is 12.3. The Morgan fingerprint density at radius 2 is 1.77 bits per heavy atom. The third kappa shape index (κ3) is 3.98. The first-order chi connectivity index (χ1) is 10.5. The SMILES string of the molecule is Cc1cc(C)c(/C=C(\C#N)C(=O)NC2CCCCC2)c(C)c1. The summed E-state index contributed by atoms with van der Waals surface area (Å²) in [5.74, 6) is -0.242. The Bertz CT molecular complexity index is 608. The van der Waals surface area contributed by atoms with Crippen molar-refractivity contribution in [2.75, 3.05) is 0 Å². The van der Waals surface area contributed by atoms with Crippen LogP contribution >= 0.6 is 0 Å². The first-order valence-corrected chi connectivity index (χ1v) is 8.01. The molecule has 0 aliphatic heterocycles. The van der Waals surface area contributed by atoms with Crippen molar-refractivity contribution in [1.82, 2.24) is 5.32 Å². The average molecular weight is 296 g/mol. The molecule has 1 aliphatic carbocycles. The van der Waals surface area contributed by atoms with Gasteiger partial charge < -0.3 is 5.32 Å². The molecule has 0 heterocycles. The van der Waals surface area contributed by atoms with Crippen molar-refractivity contribution in [2.45, 2.75) is 58.9 Å². The Labute approximate surface area is 133 Å². The highest BCUT2D eigenvalue weighted by Gasteiger charge is 2.18. The zero-order chi connectivity index (χ0) is 16.1. The van der Waals surface area contributed by atoms with Crippen molar-refractivity contribution in [3.63, 3.8) is 0 Å². The second kappa shape index (κ2) is 7.26. The van der Waals surface area contributed by atoms with Crippen LogP contribution in [0.5, 0.6) is 0 Å². The number of rotatable bonds is 3. The maximum Gasteiger partial charge on any atom is 0.262 e. The lowest BCUT2D eigenvalue weighted by Gasteiger charge is -2.22. The Morgan fingerprint density at radius 1 is 1.18 bits per heavy atom. The molecule has 0 radical (unpaired) electrons. The van der Waals surface area contributed by atoms with Crippen LogP contribution < -0.4 is 5.32 Å². The van der Waals surface area contributed by atoms with Crippen molar-refractivity contribution in [3.8, 4) is 6.07 Å². The van der Waals surface area contributed by atoms with Gasteiger partial charge in [-0.25, -0.2) is 0 Å². The fourth-order valence-corrected chi connectivity index (χ4v) is 3.22. The molecule has 3 heteroatoms. The summed E-state index contributed by atoms with van der Waals surface area (Å²) in [5.41, 5.74) is 4.55. The van der Waals surface area contributed by atoms with Gasteiger partial charge in [0.25, 0.3) is 5.91 Å². The second-order valence-electron chi connectivity index (χ2n) is 6.29. The van der Waals surface area contributed by atoms with Crippen LogP contribution in [0.4, 0.5) is 0 Å². The van der Waals surface area contributed by atoms with Gasteiger partial charge in [0.15, 0.2) is 0 Å². The third-order valence-corrected chi connectivity index (χ3v) is 4.33. The number of benzene rings is 1. The van der Waals surface area contributed by atoms with E-state index in [0.29, 0.717) is 0 Å². The van der Waals surface area contributed by atoms with Gasteiger partial charge in [0.1, 0.15) is 11.6 Å². The van der Waals surface area contributed by atoms with E-state index < -0.39 is 0 Å². The van der Waals surface area contributed by atoms with Gasteiger partial charge in [-0.05, 0) is 56.4 Å². The predicted molar refractivity (Wildman–Crippen MR) is 89.3 cm³/mol. The molecule has 1 saturated carbocycles. The van der Waals surface area contributed by atoms with E-state index in [0.717, 1.165) is 42.4 Å². The van der Waals surface area contributed by atoms with E-state index >= 15 is 0 Å². The topological polar surface area (TPSA) is 52.9 Å².